The van der Waals surface area contributed by atoms with E-state index in [4.69, 9.17) is 14.2 Å². The topological polar surface area (TPSA) is 27.7 Å². The van der Waals surface area contributed by atoms with E-state index in [1.54, 1.807) is 0 Å². The molecule has 0 unspecified atom stereocenters. The van der Waals surface area contributed by atoms with Crippen molar-refractivity contribution < 1.29 is 14.2 Å². The molecule has 0 radical (unpaired) electrons. The van der Waals surface area contributed by atoms with Crippen LogP contribution in [0, 0.1) is 0 Å². The lowest BCUT2D eigenvalue weighted by Crippen LogP contribution is -2.38. The average Bonchev–Trinajstić information content (AvgIpc) is 2.55. The van der Waals surface area contributed by atoms with Gasteiger partial charge in [-0.3, -0.25) is 0 Å². The highest BCUT2D eigenvalue weighted by molar-refractivity contribution is 5.30. The molecule has 0 spiro atoms. The van der Waals surface area contributed by atoms with Crippen molar-refractivity contribution in [2.75, 3.05) is 13.2 Å². The number of rotatable bonds is 4. The third kappa shape index (κ3) is 3.87. The summed E-state index contributed by atoms with van der Waals surface area (Å²) < 4.78 is 17.2. The molecule has 0 aromatic heterocycles. The van der Waals surface area contributed by atoms with Gasteiger partial charge in [-0.15, -0.1) is 0 Å². The van der Waals surface area contributed by atoms with Gasteiger partial charge in [-0.2, -0.15) is 0 Å². The Kier molecular flexibility index (Phi) is 4.46. The zero-order chi connectivity index (χ0) is 15.4. The van der Waals surface area contributed by atoms with Gasteiger partial charge in [-0.1, -0.05) is 42.5 Å². The Labute approximate surface area is 131 Å². The number of hydrogen-bond donors (Lipinski definition) is 0. The van der Waals surface area contributed by atoms with Gasteiger partial charge < -0.3 is 14.2 Å². The smallest absolute Gasteiger partial charge is 0.162 e. The highest BCUT2D eigenvalue weighted by Crippen LogP contribution is 2.28. The van der Waals surface area contributed by atoms with Crippen LogP contribution in [0.1, 0.15) is 30.9 Å². The molecule has 3 rings (SSSR count). The minimum Gasteiger partial charge on any atom is -0.489 e. The first kappa shape index (κ1) is 15.1. The van der Waals surface area contributed by atoms with Gasteiger partial charge in [0.05, 0.1) is 13.2 Å². The van der Waals surface area contributed by atoms with Crippen LogP contribution < -0.4 is 4.74 Å². The van der Waals surface area contributed by atoms with Crippen molar-refractivity contribution in [3.63, 3.8) is 0 Å². The lowest BCUT2D eigenvalue weighted by Gasteiger charge is -2.35. The van der Waals surface area contributed by atoms with Crippen LogP contribution in [-0.2, 0) is 16.1 Å². The SMILES string of the molecule is CC1(C)OCC(c2ccc(OCc3ccccc3)cc2)CO1. The first-order valence-electron chi connectivity index (χ1n) is 7.67. The van der Waals surface area contributed by atoms with Gasteiger partial charge in [0.25, 0.3) is 0 Å². The molecule has 1 saturated heterocycles. The molecular formula is C19H22O3. The van der Waals surface area contributed by atoms with Crippen molar-refractivity contribution >= 4 is 0 Å². The van der Waals surface area contributed by atoms with Gasteiger partial charge in [0.1, 0.15) is 12.4 Å². The summed E-state index contributed by atoms with van der Waals surface area (Å²) in [6.07, 6.45) is 0. The maximum atomic E-state index is 5.80. The third-order valence-electron chi connectivity index (χ3n) is 3.86. The van der Waals surface area contributed by atoms with Crippen LogP contribution in [0.2, 0.25) is 0 Å². The van der Waals surface area contributed by atoms with Crippen LogP contribution in [0.25, 0.3) is 0 Å². The maximum Gasteiger partial charge on any atom is 0.162 e. The fourth-order valence-electron chi connectivity index (χ4n) is 2.46. The van der Waals surface area contributed by atoms with Gasteiger partial charge >= 0.3 is 0 Å². The van der Waals surface area contributed by atoms with Gasteiger partial charge in [-0.05, 0) is 37.1 Å². The van der Waals surface area contributed by atoms with Crippen LogP contribution >= 0.6 is 0 Å². The van der Waals surface area contributed by atoms with Gasteiger partial charge in [-0.25, -0.2) is 0 Å². The van der Waals surface area contributed by atoms with Crippen LogP contribution in [0.5, 0.6) is 5.75 Å². The molecule has 0 saturated carbocycles. The second-order valence-corrected chi connectivity index (χ2v) is 6.06. The molecule has 0 aliphatic carbocycles. The first-order chi connectivity index (χ1) is 10.6. The molecule has 116 valence electrons. The van der Waals surface area contributed by atoms with Crippen LogP contribution in [0.15, 0.2) is 54.6 Å². The molecule has 0 atom stereocenters. The summed E-state index contributed by atoms with van der Waals surface area (Å²) >= 11 is 0. The second kappa shape index (κ2) is 6.51. The highest BCUT2D eigenvalue weighted by Gasteiger charge is 2.28. The zero-order valence-electron chi connectivity index (χ0n) is 13.1. The van der Waals surface area contributed by atoms with E-state index in [1.807, 2.05) is 44.2 Å². The summed E-state index contributed by atoms with van der Waals surface area (Å²) in [6, 6.07) is 18.4. The minimum atomic E-state index is -0.463. The quantitative estimate of drug-likeness (QED) is 0.849. The van der Waals surface area contributed by atoms with Crippen molar-refractivity contribution in [3.8, 4) is 5.75 Å². The summed E-state index contributed by atoms with van der Waals surface area (Å²) in [6.45, 7) is 5.87. The molecule has 1 aliphatic heterocycles. The van der Waals surface area contributed by atoms with Crippen LogP contribution in [-0.4, -0.2) is 19.0 Å². The Bertz CT molecular complexity index is 580. The van der Waals surface area contributed by atoms with Gasteiger partial charge in [0, 0.05) is 5.92 Å². The maximum absolute atomic E-state index is 5.80. The number of hydrogen-bond acceptors (Lipinski definition) is 3. The van der Waals surface area contributed by atoms with Gasteiger partial charge in [0.15, 0.2) is 5.79 Å². The van der Waals surface area contributed by atoms with E-state index in [-0.39, 0.29) is 5.92 Å². The molecule has 0 bridgehead atoms. The molecule has 2 aromatic carbocycles. The Balaban J connectivity index is 1.56. The lowest BCUT2D eigenvalue weighted by molar-refractivity contribution is -0.251. The normalized spacial score (nSPS) is 18.1. The van der Waals surface area contributed by atoms with Crippen molar-refractivity contribution in [2.45, 2.75) is 32.2 Å². The monoisotopic (exact) mass is 298 g/mol. The Morgan fingerprint density at radius 3 is 2.23 bits per heavy atom. The summed E-state index contributed by atoms with van der Waals surface area (Å²) in [5.41, 5.74) is 2.39. The molecule has 2 aromatic rings. The molecule has 1 aliphatic rings. The lowest BCUT2D eigenvalue weighted by atomic mass is 10.00. The molecule has 22 heavy (non-hydrogen) atoms. The zero-order valence-corrected chi connectivity index (χ0v) is 13.1. The summed E-state index contributed by atoms with van der Waals surface area (Å²) in [5.74, 6) is 0.705. The molecular weight excluding hydrogens is 276 g/mol. The van der Waals surface area contributed by atoms with E-state index in [0.29, 0.717) is 19.8 Å². The number of benzene rings is 2. The van der Waals surface area contributed by atoms with Crippen LogP contribution in [0.3, 0.4) is 0 Å². The predicted octanol–water partition coefficient (Wildman–Crippen LogP) is 4.13. The largest absolute Gasteiger partial charge is 0.489 e. The Morgan fingerprint density at radius 1 is 0.955 bits per heavy atom. The molecule has 3 heteroatoms. The highest BCUT2D eigenvalue weighted by atomic mass is 16.7. The summed E-state index contributed by atoms with van der Waals surface area (Å²) in [7, 11) is 0. The third-order valence-corrected chi connectivity index (χ3v) is 3.86. The Hall–Kier alpha value is -1.84. The van der Waals surface area contributed by atoms with Crippen molar-refractivity contribution in [1.29, 1.82) is 0 Å². The first-order valence-corrected chi connectivity index (χ1v) is 7.67. The molecule has 1 heterocycles. The van der Waals surface area contributed by atoms with E-state index in [2.05, 4.69) is 24.3 Å². The standard InChI is InChI=1S/C19H22O3/c1-19(2)21-13-17(14-22-19)16-8-10-18(11-9-16)20-12-15-6-4-3-5-7-15/h3-11,17H,12-14H2,1-2H3. The summed E-state index contributed by atoms with van der Waals surface area (Å²) in [4.78, 5) is 0. The van der Waals surface area contributed by atoms with Crippen molar-refractivity contribution in [2.24, 2.45) is 0 Å². The fraction of sp³-hybridized carbons (Fsp3) is 0.368. The minimum absolute atomic E-state index is 0.288. The molecule has 3 nitrogen and oxygen atoms in total. The van der Waals surface area contributed by atoms with E-state index in [0.717, 1.165) is 5.75 Å². The predicted molar refractivity (Wildman–Crippen MR) is 85.9 cm³/mol. The van der Waals surface area contributed by atoms with Crippen LogP contribution in [0.4, 0.5) is 0 Å². The molecule has 0 N–H and O–H groups in total. The summed E-state index contributed by atoms with van der Waals surface area (Å²) in [5, 5.41) is 0. The van der Waals surface area contributed by atoms with E-state index >= 15 is 0 Å². The van der Waals surface area contributed by atoms with Crippen molar-refractivity contribution in [3.05, 3.63) is 65.7 Å². The molecule has 1 fully saturated rings. The van der Waals surface area contributed by atoms with E-state index in [9.17, 15) is 0 Å². The fourth-order valence-corrected chi connectivity index (χ4v) is 2.46. The van der Waals surface area contributed by atoms with E-state index in [1.165, 1.54) is 11.1 Å². The molecule has 0 amide bonds. The number of ether oxygens (including phenoxy) is 3. The van der Waals surface area contributed by atoms with Gasteiger partial charge in [0.2, 0.25) is 0 Å². The van der Waals surface area contributed by atoms with E-state index < -0.39 is 5.79 Å². The Morgan fingerprint density at radius 2 is 1.59 bits per heavy atom. The second-order valence-electron chi connectivity index (χ2n) is 6.06. The average molecular weight is 298 g/mol. The van der Waals surface area contributed by atoms with Crippen molar-refractivity contribution in [1.82, 2.24) is 0 Å².